The van der Waals surface area contributed by atoms with Gasteiger partial charge >= 0.3 is 0 Å². The molecular formula is C20H24N6. The monoisotopic (exact) mass is 348 g/mol. The molecule has 1 N–H and O–H groups in total. The lowest BCUT2D eigenvalue weighted by Gasteiger charge is -2.22. The molecule has 0 fully saturated rings. The summed E-state index contributed by atoms with van der Waals surface area (Å²) in [5.74, 6) is 1.65. The van der Waals surface area contributed by atoms with Crippen LogP contribution in [-0.4, -0.2) is 39.7 Å². The van der Waals surface area contributed by atoms with Gasteiger partial charge in [0.1, 0.15) is 6.33 Å². The number of hydrogen-bond acceptors (Lipinski definition) is 3. The van der Waals surface area contributed by atoms with E-state index in [1.807, 2.05) is 41.9 Å². The third-order valence-corrected chi connectivity index (χ3v) is 4.17. The van der Waals surface area contributed by atoms with E-state index in [1.165, 1.54) is 11.1 Å². The molecule has 1 heterocycles. The first-order valence-corrected chi connectivity index (χ1v) is 8.59. The molecule has 0 atom stereocenters. The third kappa shape index (κ3) is 4.27. The van der Waals surface area contributed by atoms with E-state index in [1.54, 1.807) is 13.4 Å². The first-order chi connectivity index (χ1) is 12.7. The van der Waals surface area contributed by atoms with Crippen LogP contribution < -0.4 is 5.32 Å². The number of rotatable bonds is 5. The summed E-state index contributed by atoms with van der Waals surface area (Å²) in [7, 11) is 3.81. The zero-order valence-corrected chi connectivity index (χ0v) is 15.4. The lowest BCUT2D eigenvalue weighted by atomic mass is 10.1. The van der Waals surface area contributed by atoms with Crippen LogP contribution in [0.2, 0.25) is 0 Å². The van der Waals surface area contributed by atoms with E-state index in [0.717, 1.165) is 24.0 Å². The van der Waals surface area contributed by atoms with Crippen molar-refractivity contribution in [2.45, 2.75) is 20.0 Å². The van der Waals surface area contributed by atoms with E-state index in [-0.39, 0.29) is 0 Å². The van der Waals surface area contributed by atoms with Crippen LogP contribution in [0.15, 0.2) is 65.9 Å². The van der Waals surface area contributed by atoms with E-state index in [2.05, 4.69) is 56.6 Å². The number of hydrogen-bond donors (Lipinski definition) is 1. The molecule has 1 aromatic heterocycles. The molecule has 0 bridgehead atoms. The van der Waals surface area contributed by atoms with Crippen LogP contribution in [0.4, 0.5) is 0 Å². The second kappa shape index (κ2) is 8.29. The molecule has 2 aromatic carbocycles. The number of aliphatic imine (C=N–C) groups is 1. The largest absolute Gasteiger partial charge is 0.349 e. The average Bonchev–Trinajstić information content (AvgIpc) is 3.13. The van der Waals surface area contributed by atoms with Crippen molar-refractivity contribution < 1.29 is 0 Å². The Hall–Kier alpha value is -3.15. The van der Waals surface area contributed by atoms with Crippen LogP contribution in [0.25, 0.3) is 5.69 Å². The topological polar surface area (TPSA) is 58.3 Å². The highest BCUT2D eigenvalue weighted by Crippen LogP contribution is 2.09. The lowest BCUT2D eigenvalue weighted by molar-refractivity contribution is 0.475. The van der Waals surface area contributed by atoms with Crippen molar-refractivity contribution in [3.8, 4) is 5.69 Å². The fourth-order valence-corrected chi connectivity index (χ4v) is 2.77. The van der Waals surface area contributed by atoms with Crippen molar-refractivity contribution in [3.05, 3.63) is 77.9 Å². The van der Waals surface area contributed by atoms with Gasteiger partial charge in [0.25, 0.3) is 0 Å². The molecule has 3 aromatic rings. The highest BCUT2D eigenvalue weighted by atomic mass is 15.3. The Bertz CT molecular complexity index is 852. The summed E-state index contributed by atoms with van der Waals surface area (Å²) in [6, 6.07) is 18.6. The SMILES string of the molecule is CN=C(NCc1nncn1-c1ccccc1)N(C)Cc1ccc(C)cc1. The Labute approximate surface area is 154 Å². The highest BCUT2D eigenvalue weighted by molar-refractivity contribution is 5.79. The van der Waals surface area contributed by atoms with Gasteiger partial charge < -0.3 is 10.2 Å². The number of nitrogens with one attached hydrogen (secondary N) is 1. The maximum Gasteiger partial charge on any atom is 0.194 e. The Kier molecular flexibility index (Phi) is 5.63. The predicted octanol–water partition coefficient (Wildman–Crippen LogP) is 2.78. The van der Waals surface area contributed by atoms with Crippen molar-refractivity contribution in [1.82, 2.24) is 25.0 Å². The van der Waals surface area contributed by atoms with Gasteiger partial charge in [0.15, 0.2) is 11.8 Å². The minimum Gasteiger partial charge on any atom is -0.349 e. The van der Waals surface area contributed by atoms with Crippen LogP contribution >= 0.6 is 0 Å². The summed E-state index contributed by atoms with van der Waals surface area (Å²) >= 11 is 0. The van der Waals surface area contributed by atoms with Crippen molar-refractivity contribution in [2.75, 3.05) is 14.1 Å². The fourth-order valence-electron chi connectivity index (χ4n) is 2.77. The van der Waals surface area contributed by atoms with Crippen LogP contribution in [0.3, 0.4) is 0 Å². The summed E-state index contributed by atoms with van der Waals surface area (Å²) in [5.41, 5.74) is 3.55. The maximum atomic E-state index is 4.38. The molecule has 6 heteroatoms. The maximum absolute atomic E-state index is 4.38. The van der Waals surface area contributed by atoms with E-state index in [0.29, 0.717) is 6.54 Å². The summed E-state index contributed by atoms with van der Waals surface area (Å²) in [6.07, 6.45) is 1.73. The smallest absolute Gasteiger partial charge is 0.194 e. The van der Waals surface area contributed by atoms with E-state index >= 15 is 0 Å². The van der Waals surface area contributed by atoms with Gasteiger partial charge in [-0.25, -0.2) is 0 Å². The Balaban J connectivity index is 1.65. The van der Waals surface area contributed by atoms with E-state index in [9.17, 15) is 0 Å². The second-order valence-corrected chi connectivity index (χ2v) is 6.20. The van der Waals surface area contributed by atoms with Crippen molar-refractivity contribution in [2.24, 2.45) is 4.99 Å². The van der Waals surface area contributed by atoms with Crippen LogP contribution in [0.5, 0.6) is 0 Å². The van der Waals surface area contributed by atoms with Gasteiger partial charge in [-0.1, -0.05) is 48.0 Å². The minimum absolute atomic E-state index is 0.541. The van der Waals surface area contributed by atoms with E-state index in [4.69, 9.17) is 0 Å². The molecule has 0 aliphatic heterocycles. The number of aromatic nitrogens is 3. The first-order valence-electron chi connectivity index (χ1n) is 8.59. The zero-order chi connectivity index (χ0) is 18.4. The Morgan fingerprint density at radius 1 is 1.12 bits per heavy atom. The van der Waals surface area contributed by atoms with Gasteiger partial charge in [-0.05, 0) is 24.6 Å². The molecular weight excluding hydrogens is 324 g/mol. The van der Waals surface area contributed by atoms with Crippen LogP contribution in [-0.2, 0) is 13.1 Å². The summed E-state index contributed by atoms with van der Waals surface area (Å²) in [5, 5.41) is 11.6. The fraction of sp³-hybridized carbons (Fsp3) is 0.250. The molecule has 0 unspecified atom stereocenters. The van der Waals surface area contributed by atoms with Gasteiger partial charge in [0, 0.05) is 26.3 Å². The summed E-state index contributed by atoms with van der Waals surface area (Å²) in [4.78, 5) is 6.47. The molecule has 6 nitrogen and oxygen atoms in total. The van der Waals surface area contributed by atoms with Crippen LogP contribution in [0.1, 0.15) is 17.0 Å². The second-order valence-electron chi connectivity index (χ2n) is 6.20. The number of guanidine groups is 1. The standard InChI is InChI=1S/C20H24N6/c1-16-9-11-17(12-10-16)14-25(3)20(21-2)22-13-19-24-23-15-26(19)18-7-5-4-6-8-18/h4-12,15H,13-14H2,1-3H3,(H,21,22). The van der Waals surface area contributed by atoms with E-state index < -0.39 is 0 Å². The Morgan fingerprint density at radius 2 is 1.85 bits per heavy atom. The zero-order valence-electron chi connectivity index (χ0n) is 15.4. The van der Waals surface area contributed by atoms with Gasteiger partial charge in [0.05, 0.1) is 6.54 Å². The van der Waals surface area contributed by atoms with Gasteiger partial charge in [-0.2, -0.15) is 0 Å². The van der Waals surface area contributed by atoms with Crippen molar-refractivity contribution in [3.63, 3.8) is 0 Å². The highest BCUT2D eigenvalue weighted by Gasteiger charge is 2.10. The number of aryl methyl sites for hydroxylation is 1. The number of benzene rings is 2. The third-order valence-electron chi connectivity index (χ3n) is 4.17. The minimum atomic E-state index is 0.541. The number of para-hydroxylation sites is 1. The molecule has 0 saturated heterocycles. The quantitative estimate of drug-likeness (QED) is 0.569. The van der Waals surface area contributed by atoms with Gasteiger partial charge in [0.2, 0.25) is 0 Å². The first kappa shape index (κ1) is 17.7. The average molecular weight is 348 g/mol. The summed E-state index contributed by atoms with van der Waals surface area (Å²) < 4.78 is 1.97. The molecule has 0 amide bonds. The molecule has 0 aliphatic carbocycles. The van der Waals surface area contributed by atoms with Crippen molar-refractivity contribution >= 4 is 5.96 Å². The predicted molar refractivity (Wildman–Crippen MR) is 104 cm³/mol. The molecule has 26 heavy (non-hydrogen) atoms. The molecule has 0 saturated carbocycles. The molecule has 0 aliphatic rings. The summed E-state index contributed by atoms with van der Waals surface area (Å²) in [6.45, 7) is 3.42. The van der Waals surface area contributed by atoms with Crippen molar-refractivity contribution in [1.29, 1.82) is 0 Å². The number of nitrogens with zero attached hydrogens (tertiary/aromatic N) is 5. The molecule has 134 valence electrons. The normalized spacial score (nSPS) is 11.4. The lowest BCUT2D eigenvalue weighted by Crippen LogP contribution is -2.38. The Morgan fingerprint density at radius 3 is 2.54 bits per heavy atom. The molecule has 0 spiro atoms. The molecule has 0 radical (unpaired) electrons. The molecule has 3 rings (SSSR count). The van der Waals surface area contributed by atoms with Crippen LogP contribution in [0, 0.1) is 6.92 Å². The van der Waals surface area contributed by atoms with Gasteiger partial charge in [-0.3, -0.25) is 9.56 Å². The van der Waals surface area contributed by atoms with Gasteiger partial charge in [-0.15, -0.1) is 10.2 Å².